The van der Waals surface area contributed by atoms with E-state index >= 15 is 0 Å². The van der Waals surface area contributed by atoms with Crippen LogP contribution in [0.15, 0.2) is 0 Å². The van der Waals surface area contributed by atoms with E-state index in [4.69, 9.17) is 10.5 Å². The van der Waals surface area contributed by atoms with E-state index in [2.05, 4.69) is 0 Å². The first-order valence-electron chi connectivity index (χ1n) is 6.64. The topological polar surface area (TPSA) is 75.9 Å². The Hall–Kier alpha value is -0.210. The summed E-state index contributed by atoms with van der Waals surface area (Å²) in [6.07, 6.45) is 2.84. The second-order valence-electron chi connectivity index (χ2n) is 5.05. The molecule has 7 heteroatoms. The maximum atomic E-state index is 12.6. The van der Waals surface area contributed by atoms with E-state index < -0.39 is 10.2 Å². The minimum Gasteiger partial charge on any atom is -0.374 e. The Kier molecular flexibility index (Phi) is 4.60. The van der Waals surface area contributed by atoms with Gasteiger partial charge in [0.15, 0.2) is 0 Å². The molecule has 2 saturated heterocycles. The average Bonchev–Trinajstić information content (AvgIpc) is 2.39. The summed E-state index contributed by atoms with van der Waals surface area (Å²) < 4.78 is 33.7. The molecule has 0 saturated carbocycles. The SMILES string of the molecule is CC1CCCCN1S(=O)(=O)N1CCOC(CN)C1. The number of hydrogen-bond acceptors (Lipinski definition) is 4. The van der Waals surface area contributed by atoms with E-state index in [1.165, 1.54) is 4.31 Å². The van der Waals surface area contributed by atoms with Gasteiger partial charge in [0.25, 0.3) is 10.2 Å². The molecule has 2 fully saturated rings. The van der Waals surface area contributed by atoms with E-state index in [-0.39, 0.29) is 12.1 Å². The first-order valence-corrected chi connectivity index (χ1v) is 8.04. The minimum absolute atomic E-state index is 0.0999. The zero-order chi connectivity index (χ0) is 13.2. The van der Waals surface area contributed by atoms with E-state index in [9.17, 15) is 8.42 Å². The van der Waals surface area contributed by atoms with Gasteiger partial charge >= 0.3 is 0 Å². The van der Waals surface area contributed by atoms with Gasteiger partial charge < -0.3 is 10.5 Å². The molecule has 0 aromatic carbocycles. The molecule has 6 nitrogen and oxygen atoms in total. The molecule has 0 aromatic rings. The molecule has 2 atom stereocenters. The highest BCUT2D eigenvalue weighted by Gasteiger charge is 2.36. The highest BCUT2D eigenvalue weighted by molar-refractivity contribution is 7.86. The Morgan fingerprint density at radius 1 is 1.33 bits per heavy atom. The van der Waals surface area contributed by atoms with Crippen LogP contribution < -0.4 is 5.73 Å². The third-order valence-corrected chi connectivity index (χ3v) is 5.85. The predicted octanol–water partition coefficient (Wildman–Crippen LogP) is -0.235. The van der Waals surface area contributed by atoms with Crippen LogP contribution >= 0.6 is 0 Å². The number of morpholine rings is 1. The molecule has 2 N–H and O–H groups in total. The van der Waals surface area contributed by atoms with Crippen LogP contribution in [0.25, 0.3) is 0 Å². The van der Waals surface area contributed by atoms with Crippen LogP contribution in [0, 0.1) is 0 Å². The summed E-state index contributed by atoms with van der Waals surface area (Å²) in [5, 5.41) is 0. The van der Waals surface area contributed by atoms with E-state index in [1.54, 1.807) is 4.31 Å². The number of hydrogen-bond donors (Lipinski definition) is 1. The van der Waals surface area contributed by atoms with Gasteiger partial charge in [-0.15, -0.1) is 0 Å². The Labute approximate surface area is 109 Å². The minimum atomic E-state index is -3.35. The largest absolute Gasteiger partial charge is 0.374 e. The number of piperidine rings is 1. The first kappa shape index (κ1) is 14.2. The molecule has 2 unspecified atom stereocenters. The van der Waals surface area contributed by atoms with Gasteiger partial charge in [-0.1, -0.05) is 6.42 Å². The Balaban J connectivity index is 2.09. The maximum Gasteiger partial charge on any atom is 0.282 e. The summed E-state index contributed by atoms with van der Waals surface area (Å²) in [7, 11) is -3.35. The van der Waals surface area contributed by atoms with Crippen molar-refractivity contribution in [2.45, 2.75) is 38.3 Å². The zero-order valence-corrected chi connectivity index (χ0v) is 11.7. The molecule has 2 heterocycles. The Bertz CT molecular complexity index is 374. The van der Waals surface area contributed by atoms with Gasteiger partial charge in [-0.05, 0) is 19.8 Å². The molecule has 0 aliphatic carbocycles. The van der Waals surface area contributed by atoms with Crippen molar-refractivity contribution in [2.75, 3.05) is 32.8 Å². The summed E-state index contributed by atoms with van der Waals surface area (Å²) in [6.45, 7) is 4.22. The number of rotatable bonds is 3. The van der Waals surface area contributed by atoms with Gasteiger partial charge in [0.2, 0.25) is 0 Å². The fraction of sp³-hybridized carbons (Fsp3) is 1.00. The van der Waals surface area contributed by atoms with Gasteiger partial charge in [-0.3, -0.25) is 0 Å². The monoisotopic (exact) mass is 277 g/mol. The van der Waals surface area contributed by atoms with Crippen molar-refractivity contribution in [3.63, 3.8) is 0 Å². The predicted molar refractivity (Wildman–Crippen MR) is 69.3 cm³/mol. The van der Waals surface area contributed by atoms with Crippen LogP contribution in [0.5, 0.6) is 0 Å². The second kappa shape index (κ2) is 5.83. The summed E-state index contributed by atoms with van der Waals surface area (Å²) >= 11 is 0. The number of nitrogens with zero attached hydrogens (tertiary/aromatic N) is 2. The molecule has 2 aliphatic rings. The molecule has 106 valence electrons. The molecule has 0 aromatic heterocycles. The fourth-order valence-electron chi connectivity index (χ4n) is 2.61. The van der Waals surface area contributed by atoms with Gasteiger partial charge in [-0.25, -0.2) is 0 Å². The summed E-state index contributed by atoms with van der Waals surface area (Å²) in [5.74, 6) is 0. The van der Waals surface area contributed by atoms with Gasteiger partial charge in [0.1, 0.15) is 0 Å². The zero-order valence-electron chi connectivity index (χ0n) is 10.9. The molecule has 0 amide bonds. The highest BCUT2D eigenvalue weighted by atomic mass is 32.2. The fourth-order valence-corrected chi connectivity index (χ4v) is 4.48. The van der Waals surface area contributed by atoms with E-state index in [0.29, 0.717) is 32.8 Å². The molecule has 2 aliphatic heterocycles. The lowest BCUT2D eigenvalue weighted by Gasteiger charge is -2.39. The van der Waals surface area contributed by atoms with Gasteiger partial charge in [-0.2, -0.15) is 17.0 Å². The highest BCUT2D eigenvalue weighted by Crippen LogP contribution is 2.23. The van der Waals surface area contributed by atoms with Crippen molar-refractivity contribution in [2.24, 2.45) is 5.73 Å². The average molecular weight is 277 g/mol. The maximum absolute atomic E-state index is 12.6. The van der Waals surface area contributed by atoms with Crippen LogP contribution in [0.3, 0.4) is 0 Å². The van der Waals surface area contributed by atoms with Crippen LogP contribution in [-0.4, -0.2) is 62.0 Å². The molecule has 0 bridgehead atoms. The Morgan fingerprint density at radius 2 is 2.11 bits per heavy atom. The van der Waals surface area contributed by atoms with Crippen LogP contribution in [0.2, 0.25) is 0 Å². The first-order chi connectivity index (χ1) is 8.55. The normalized spacial score (nSPS) is 32.6. The number of nitrogens with two attached hydrogens (primary N) is 1. The lowest BCUT2D eigenvalue weighted by Crippen LogP contribution is -2.55. The van der Waals surface area contributed by atoms with Crippen molar-refractivity contribution in [3.05, 3.63) is 0 Å². The molecule has 2 rings (SSSR count). The van der Waals surface area contributed by atoms with Crippen molar-refractivity contribution in [1.29, 1.82) is 0 Å². The molecule has 18 heavy (non-hydrogen) atoms. The van der Waals surface area contributed by atoms with E-state index in [0.717, 1.165) is 19.3 Å². The standard InChI is InChI=1S/C11H23N3O3S/c1-10-4-2-3-5-14(10)18(15,16)13-6-7-17-11(8-12)9-13/h10-11H,2-9,12H2,1H3. The van der Waals surface area contributed by atoms with Crippen LogP contribution in [0.1, 0.15) is 26.2 Å². The van der Waals surface area contributed by atoms with Gasteiger partial charge in [0, 0.05) is 32.2 Å². The molecule has 0 spiro atoms. The van der Waals surface area contributed by atoms with Crippen molar-refractivity contribution in [1.82, 2.24) is 8.61 Å². The number of ether oxygens (including phenoxy) is 1. The Morgan fingerprint density at radius 3 is 2.78 bits per heavy atom. The van der Waals surface area contributed by atoms with E-state index in [1.807, 2.05) is 6.92 Å². The second-order valence-corrected chi connectivity index (χ2v) is 6.93. The lowest BCUT2D eigenvalue weighted by atomic mass is 10.1. The van der Waals surface area contributed by atoms with Crippen molar-refractivity contribution < 1.29 is 13.2 Å². The molecule has 0 radical (unpaired) electrons. The summed E-state index contributed by atoms with van der Waals surface area (Å²) in [4.78, 5) is 0. The third-order valence-electron chi connectivity index (χ3n) is 3.73. The molecular formula is C11H23N3O3S. The van der Waals surface area contributed by atoms with Crippen LogP contribution in [0.4, 0.5) is 0 Å². The quantitative estimate of drug-likeness (QED) is 0.773. The molecular weight excluding hydrogens is 254 g/mol. The lowest BCUT2D eigenvalue weighted by molar-refractivity contribution is 0.00196. The van der Waals surface area contributed by atoms with Gasteiger partial charge in [0.05, 0.1) is 12.7 Å². The summed E-state index contributed by atoms with van der Waals surface area (Å²) in [6, 6.07) is 0.0999. The van der Waals surface area contributed by atoms with Crippen molar-refractivity contribution >= 4 is 10.2 Å². The summed E-state index contributed by atoms with van der Waals surface area (Å²) in [5.41, 5.74) is 5.55. The third kappa shape index (κ3) is 2.85. The smallest absolute Gasteiger partial charge is 0.282 e. The van der Waals surface area contributed by atoms with Crippen LogP contribution in [-0.2, 0) is 14.9 Å². The van der Waals surface area contributed by atoms with Crippen molar-refractivity contribution in [3.8, 4) is 0 Å².